The summed E-state index contributed by atoms with van der Waals surface area (Å²) in [7, 11) is 3.21. The van der Waals surface area contributed by atoms with Gasteiger partial charge in [-0.25, -0.2) is 0 Å². The lowest BCUT2D eigenvalue weighted by molar-refractivity contribution is 0.123. The lowest BCUT2D eigenvalue weighted by atomic mass is 10.6. The van der Waals surface area contributed by atoms with Gasteiger partial charge in [-0.3, -0.25) is 0 Å². The van der Waals surface area contributed by atoms with Gasteiger partial charge < -0.3 is 13.3 Å². The van der Waals surface area contributed by atoms with E-state index in [0.29, 0.717) is 0 Å². The molecule has 1 unspecified atom stereocenters. The van der Waals surface area contributed by atoms with Crippen LogP contribution in [-0.2, 0) is 13.3 Å². The SMILES string of the molecule is CCCS(S)(CCC[Si](OC)(OC)OC)SS. The molecular weight excluding hydrogens is 312 g/mol. The van der Waals surface area contributed by atoms with E-state index in [1.807, 2.05) is 0 Å². The highest BCUT2D eigenvalue weighted by Crippen LogP contribution is 2.66. The third-order valence-corrected chi connectivity index (χ3v) is 14.8. The van der Waals surface area contributed by atoms with Gasteiger partial charge in [-0.05, 0) is 34.2 Å². The summed E-state index contributed by atoms with van der Waals surface area (Å²) >= 11 is 9.12. The minimum absolute atomic E-state index is 0.837. The molecule has 0 amide bonds. The Balaban J connectivity index is 4.18. The third-order valence-electron chi connectivity index (χ3n) is 2.54. The molecule has 0 fully saturated rings. The van der Waals surface area contributed by atoms with Crippen molar-refractivity contribution in [3.05, 3.63) is 0 Å². The Morgan fingerprint density at radius 1 is 1.12 bits per heavy atom. The number of hydrogen-bond donors (Lipinski definition) is 2. The van der Waals surface area contributed by atoms with Crippen molar-refractivity contribution in [3.8, 4) is 0 Å². The molecule has 3 nitrogen and oxygen atoms in total. The number of rotatable bonds is 10. The molecule has 0 aliphatic rings. The summed E-state index contributed by atoms with van der Waals surface area (Å²) in [5.41, 5.74) is 0. The van der Waals surface area contributed by atoms with Crippen LogP contribution in [-0.4, -0.2) is 41.6 Å². The first-order chi connectivity index (χ1) is 8.01. The smallest absolute Gasteiger partial charge is 0.377 e. The quantitative estimate of drug-likeness (QED) is 0.360. The zero-order chi connectivity index (χ0) is 13.4. The fourth-order valence-corrected chi connectivity index (χ4v) is 8.71. The average Bonchev–Trinajstić information content (AvgIpc) is 2.36. The van der Waals surface area contributed by atoms with Gasteiger partial charge in [-0.15, -0.1) is 31.4 Å². The van der Waals surface area contributed by atoms with E-state index in [9.17, 15) is 0 Å². The molecule has 1 atom stereocenters. The van der Waals surface area contributed by atoms with Gasteiger partial charge in [0, 0.05) is 27.4 Å². The summed E-state index contributed by atoms with van der Waals surface area (Å²) in [4.78, 5) is 0. The van der Waals surface area contributed by atoms with Crippen molar-refractivity contribution in [2.45, 2.75) is 25.8 Å². The maximum absolute atomic E-state index is 5.40. The molecule has 0 aliphatic heterocycles. The highest BCUT2D eigenvalue weighted by Gasteiger charge is 2.37. The predicted molar refractivity (Wildman–Crippen MR) is 89.4 cm³/mol. The van der Waals surface area contributed by atoms with Crippen molar-refractivity contribution in [1.29, 1.82) is 0 Å². The molecule has 8 heteroatoms. The van der Waals surface area contributed by atoms with E-state index in [-0.39, 0.29) is 0 Å². The standard InChI is InChI=1S/C9H24O3S4Si/c1-5-7-16(14,15-13)8-6-9-17(10-2,11-3)12-4/h13-14H,5-9H2,1-4H3. The monoisotopic (exact) mass is 336 g/mol. The molecule has 0 bridgehead atoms. The van der Waals surface area contributed by atoms with Gasteiger partial charge in [0.15, 0.2) is 0 Å². The van der Waals surface area contributed by atoms with E-state index < -0.39 is 16.9 Å². The van der Waals surface area contributed by atoms with E-state index in [2.05, 4.69) is 18.6 Å². The van der Waals surface area contributed by atoms with Crippen molar-refractivity contribution in [3.63, 3.8) is 0 Å². The molecule has 0 spiro atoms. The van der Waals surface area contributed by atoms with Crippen molar-refractivity contribution in [2.75, 3.05) is 32.8 Å². The fourth-order valence-electron chi connectivity index (χ4n) is 1.57. The van der Waals surface area contributed by atoms with Crippen molar-refractivity contribution in [1.82, 2.24) is 0 Å². The molecule has 0 radical (unpaired) electrons. The van der Waals surface area contributed by atoms with Crippen LogP contribution in [0.2, 0.25) is 6.04 Å². The Hall–Kier alpha value is 1.50. The van der Waals surface area contributed by atoms with Crippen molar-refractivity contribution >= 4 is 50.0 Å². The summed E-state index contributed by atoms with van der Waals surface area (Å²) < 4.78 is 16.2. The van der Waals surface area contributed by atoms with Crippen LogP contribution < -0.4 is 0 Å². The maximum Gasteiger partial charge on any atom is 0.500 e. The van der Waals surface area contributed by atoms with Crippen LogP contribution in [0.4, 0.5) is 0 Å². The zero-order valence-corrected chi connectivity index (χ0v) is 15.4. The molecular formula is C9H24O3S4Si. The molecule has 106 valence electrons. The molecule has 0 heterocycles. The average molecular weight is 337 g/mol. The topological polar surface area (TPSA) is 27.7 Å². The van der Waals surface area contributed by atoms with Crippen LogP contribution in [0.3, 0.4) is 0 Å². The first-order valence-electron chi connectivity index (χ1n) is 5.51. The Labute approximate surface area is 121 Å². The first kappa shape index (κ1) is 18.5. The van der Waals surface area contributed by atoms with Gasteiger partial charge in [-0.2, -0.15) is 0 Å². The molecule has 17 heavy (non-hydrogen) atoms. The molecule has 0 aromatic heterocycles. The Morgan fingerprint density at radius 3 is 2.00 bits per heavy atom. The van der Waals surface area contributed by atoms with Gasteiger partial charge in [0.25, 0.3) is 0 Å². The van der Waals surface area contributed by atoms with Gasteiger partial charge >= 0.3 is 8.80 Å². The third kappa shape index (κ3) is 6.46. The van der Waals surface area contributed by atoms with Crippen LogP contribution in [0, 0.1) is 0 Å². The normalized spacial score (nSPS) is 17.8. The molecule has 0 rings (SSSR count). The minimum atomic E-state index is -2.41. The van der Waals surface area contributed by atoms with E-state index in [4.69, 9.17) is 24.9 Å². The Kier molecular flexibility index (Phi) is 10.2. The van der Waals surface area contributed by atoms with Gasteiger partial charge in [-0.1, -0.05) is 6.92 Å². The fraction of sp³-hybridized carbons (Fsp3) is 1.00. The largest absolute Gasteiger partial charge is 0.500 e. The number of thiol groups is 2. The first-order valence-corrected chi connectivity index (χ1v) is 12.8. The van der Waals surface area contributed by atoms with Crippen LogP contribution in [0.1, 0.15) is 19.8 Å². The van der Waals surface area contributed by atoms with E-state index >= 15 is 0 Å². The van der Waals surface area contributed by atoms with Crippen LogP contribution in [0.25, 0.3) is 0 Å². The number of hydrogen-bond acceptors (Lipinski definition) is 6. The van der Waals surface area contributed by atoms with Gasteiger partial charge in [0.2, 0.25) is 0 Å². The van der Waals surface area contributed by atoms with E-state index in [1.165, 1.54) is 0 Å². The predicted octanol–water partition coefficient (Wildman–Crippen LogP) is 3.81. The lowest BCUT2D eigenvalue weighted by Gasteiger charge is -2.32. The molecule has 0 aliphatic carbocycles. The highest BCUT2D eigenvalue weighted by molar-refractivity contribution is 9.33. The summed E-state index contributed by atoms with van der Waals surface area (Å²) in [5, 5.41) is 0. The summed E-state index contributed by atoms with van der Waals surface area (Å²) in [6.45, 7) is 2.18. The van der Waals surface area contributed by atoms with Crippen LogP contribution in [0.15, 0.2) is 0 Å². The second-order valence-electron chi connectivity index (χ2n) is 3.65. The molecule has 0 saturated carbocycles. The highest BCUT2D eigenvalue weighted by atomic mass is 33.7. The maximum atomic E-state index is 5.40. The molecule has 0 aromatic rings. The Bertz CT molecular complexity index is 198. The van der Waals surface area contributed by atoms with E-state index in [0.717, 1.165) is 30.4 Å². The second kappa shape index (κ2) is 9.41. The summed E-state index contributed by atoms with van der Waals surface area (Å²) in [5.74, 6) is 2.19. The van der Waals surface area contributed by atoms with Crippen molar-refractivity contribution < 1.29 is 13.3 Å². The molecule has 0 saturated heterocycles. The summed E-state index contributed by atoms with van der Waals surface area (Å²) in [6, 6.07) is 0.837. The minimum Gasteiger partial charge on any atom is -0.377 e. The van der Waals surface area contributed by atoms with Crippen LogP contribution in [0.5, 0.6) is 0 Å². The molecule has 0 N–H and O–H groups in total. The molecule has 0 aromatic carbocycles. The summed E-state index contributed by atoms with van der Waals surface area (Å²) in [6.07, 6.45) is 2.15. The van der Waals surface area contributed by atoms with Crippen LogP contribution >= 0.6 is 41.2 Å². The Morgan fingerprint density at radius 2 is 1.65 bits per heavy atom. The van der Waals surface area contributed by atoms with Gasteiger partial charge in [0.1, 0.15) is 0 Å². The zero-order valence-electron chi connectivity index (χ0n) is 11.0. The second-order valence-corrected chi connectivity index (χ2v) is 15.8. The van der Waals surface area contributed by atoms with Crippen molar-refractivity contribution in [2.24, 2.45) is 0 Å². The van der Waals surface area contributed by atoms with E-state index in [1.54, 1.807) is 31.2 Å². The van der Waals surface area contributed by atoms with Gasteiger partial charge in [0.05, 0.1) is 0 Å². The lowest BCUT2D eigenvalue weighted by Crippen LogP contribution is -2.42.